The van der Waals surface area contributed by atoms with Gasteiger partial charge in [-0.3, -0.25) is 4.79 Å². The quantitative estimate of drug-likeness (QED) is 0.901. The summed E-state index contributed by atoms with van der Waals surface area (Å²) in [6, 6.07) is 7.23. The summed E-state index contributed by atoms with van der Waals surface area (Å²) in [5.41, 5.74) is 1.26. The van der Waals surface area contributed by atoms with E-state index in [-0.39, 0.29) is 30.9 Å². The Hall–Kier alpha value is -2.54. The summed E-state index contributed by atoms with van der Waals surface area (Å²) in [7, 11) is 0. The van der Waals surface area contributed by atoms with Crippen LogP contribution in [0.3, 0.4) is 0 Å². The maximum Gasteiger partial charge on any atom is 0.276 e. The molecule has 2 atom stereocenters. The van der Waals surface area contributed by atoms with Crippen LogP contribution in [0.1, 0.15) is 28.4 Å². The number of aliphatic hydroxyl groups is 1. The number of nitrogens with zero attached hydrogens (tertiary/aromatic N) is 2. The molecule has 2 aliphatic heterocycles. The van der Waals surface area contributed by atoms with Gasteiger partial charge in [-0.05, 0) is 24.1 Å². The monoisotopic (exact) mass is 316 g/mol. The van der Waals surface area contributed by atoms with Crippen LogP contribution in [-0.2, 0) is 0 Å². The summed E-state index contributed by atoms with van der Waals surface area (Å²) < 4.78 is 15.4. The summed E-state index contributed by atoms with van der Waals surface area (Å²) in [6.45, 7) is 1.05. The molecular weight excluding hydrogens is 300 g/mol. The van der Waals surface area contributed by atoms with Gasteiger partial charge in [-0.25, -0.2) is 0 Å². The minimum absolute atomic E-state index is 0.0362. The third-order valence-electron chi connectivity index (χ3n) is 4.35. The number of carbonyl (C=O) groups excluding carboxylic acids is 1. The molecule has 0 bridgehead atoms. The Morgan fingerprint density at radius 2 is 2.13 bits per heavy atom. The Kier molecular flexibility index (Phi) is 3.42. The fourth-order valence-electron chi connectivity index (χ4n) is 3.13. The zero-order valence-corrected chi connectivity index (χ0v) is 12.3. The van der Waals surface area contributed by atoms with Crippen molar-refractivity contribution in [2.45, 2.75) is 18.4 Å². The number of ether oxygens (including phenoxy) is 2. The fourth-order valence-corrected chi connectivity index (χ4v) is 3.13. The molecule has 7 nitrogen and oxygen atoms in total. The van der Waals surface area contributed by atoms with E-state index in [2.05, 4.69) is 5.16 Å². The first-order valence-electron chi connectivity index (χ1n) is 7.49. The highest BCUT2D eigenvalue weighted by molar-refractivity contribution is 5.92. The number of hydrogen-bond acceptors (Lipinski definition) is 6. The highest BCUT2D eigenvalue weighted by Gasteiger charge is 2.33. The average Bonchev–Trinajstić information content (AvgIpc) is 3.24. The van der Waals surface area contributed by atoms with Crippen molar-refractivity contribution in [3.63, 3.8) is 0 Å². The lowest BCUT2D eigenvalue weighted by atomic mass is 9.87. The van der Waals surface area contributed by atoms with Crippen LogP contribution in [0.15, 0.2) is 35.1 Å². The molecule has 0 saturated carbocycles. The Balaban J connectivity index is 1.48. The van der Waals surface area contributed by atoms with Crippen LogP contribution in [0.5, 0.6) is 11.5 Å². The van der Waals surface area contributed by atoms with E-state index in [1.807, 2.05) is 18.2 Å². The molecule has 1 fully saturated rings. The Morgan fingerprint density at radius 1 is 1.26 bits per heavy atom. The number of rotatable bonds is 2. The van der Waals surface area contributed by atoms with Crippen molar-refractivity contribution in [2.24, 2.45) is 0 Å². The van der Waals surface area contributed by atoms with Gasteiger partial charge < -0.3 is 24.0 Å². The van der Waals surface area contributed by atoms with Crippen molar-refractivity contribution < 1.29 is 23.9 Å². The standard InChI is InChI=1S/C16H16N2O5/c19-13-8-18(16(20)12-4-6-23-17-12)5-3-11(13)10-1-2-14-15(7-10)22-9-21-14/h1-2,4,6-7,11,13,19H,3,5,8-9H2/t11-,13+/m0/s1. The lowest BCUT2D eigenvalue weighted by Gasteiger charge is -2.35. The smallest absolute Gasteiger partial charge is 0.276 e. The van der Waals surface area contributed by atoms with Crippen LogP contribution in [0.4, 0.5) is 0 Å². The number of aromatic nitrogens is 1. The van der Waals surface area contributed by atoms with E-state index in [9.17, 15) is 9.90 Å². The Bertz CT molecular complexity index is 715. The molecule has 0 radical (unpaired) electrons. The number of benzene rings is 1. The van der Waals surface area contributed by atoms with Gasteiger partial charge in [0.25, 0.3) is 5.91 Å². The molecule has 2 aliphatic rings. The fraction of sp³-hybridized carbons (Fsp3) is 0.375. The summed E-state index contributed by atoms with van der Waals surface area (Å²) in [6.07, 6.45) is 1.40. The molecule has 2 aromatic rings. The van der Waals surface area contributed by atoms with Gasteiger partial charge in [-0.2, -0.15) is 0 Å². The SMILES string of the molecule is O=C(c1ccon1)N1CC[C@@H](c2ccc3c(c2)OCO3)[C@H](O)C1. The second-order valence-corrected chi connectivity index (χ2v) is 5.71. The maximum absolute atomic E-state index is 12.3. The third kappa shape index (κ3) is 2.53. The van der Waals surface area contributed by atoms with E-state index in [1.165, 1.54) is 12.3 Å². The second-order valence-electron chi connectivity index (χ2n) is 5.71. The molecule has 0 unspecified atom stereocenters. The molecule has 0 spiro atoms. The molecular formula is C16H16N2O5. The second kappa shape index (κ2) is 5.58. The number of amides is 1. The number of likely N-dealkylation sites (tertiary alicyclic amines) is 1. The number of carbonyl (C=O) groups is 1. The first-order chi connectivity index (χ1) is 11.2. The van der Waals surface area contributed by atoms with E-state index in [1.54, 1.807) is 4.90 Å². The van der Waals surface area contributed by atoms with Crippen LogP contribution in [0.25, 0.3) is 0 Å². The van der Waals surface area contributed by atoms with Crippen molar-refractivity contribution >= 4 is 5.91 Å². The van der Waals surface area contributed by atoms with Gasteiger partial charge in [-0.1, -0.05) is 11.2 Å². The summed E-state index contributed by atoms with van der Waals surface area (Å²) in [5, 5.41) is 14.1. The summed E-state index contributed by atoms with van der Waals surface area (Å²) >= 11 is 0. The molecule has 1 saturated heterocycles. The molecule has 1 aromatic carbocycles. The van der Waals surface area contributed by atoms with Crippen molar-refractivity contribution in [2.75, 3.05) is 19.9 Å². The first-order valence-corrected chi connectivity index (χ1v) is 7.49. The van der Waals surface area contributed by atoms with Crippen LogP contribution in [0, 0.1) is 0 Å². The molecule has 0 aliphatic carbocycles. The summed E-state index contributed by atoms with van der Waals surface area (Å²) in [4.78, 5) is 13.9. The van der Waals surface area contributed by atoms with Gasteiger partial charge in [0.1, 0.15) is 6.26 Å². The minimum Gasteiger partial charge on any atom is -0.454 e. The van der Waals surface area contributed by atoms with Crippen molar-refractivity contribution in [3.8, 4) is 11.5 Å². The number of β-amino-alcohol motifs (C(OH)–C–C–N with tert-alkyl or cyclic N) is 1. The molecule has 120 valence electrons. The number of piperidine rings is 1. The lowest BCUT2D eigenvalue weighted by molar-refractivity contribution is 0.0374. The van der Waals surface area contributed by atoms with Crippen LogP contribution >= 0.6 is 0 Å². The summed E-state index contributed by atoms with van der Waals surface area (Å²) in [5.74, 6) is 1.17. The Morgan fingerprint density at radius 3 is 2.91 bits per heavy atom. The van der Waals surface area contributed by atoms with Crippen molar-refractivity contribution in [1.29, 1.82) is 0 Å². The lowest BCUT2D eigenvalue weighted by Crippen LogP contribution is -2.45. The largest absolute Gasteiger partial charge is 0.454 e. The van der Waals surface area contributed by atoms with Crippen molar-refractivity contribution in [1.82, 2.24) is 10.1 Å². The van der Waals surface area contributed by atoms with Gasteiger partial charge in [-0.15, -0.1) is 0 Å². The van der Waals surface area contributed by atoms with Gasteiger partial charge in [0.05, 0.1) is 6.10 Å². The minimum atomic E-state index is -0.639. The highest BCUT2D eigenvalue weighted by atomic mass is 16.7. The molecule has 1 aromatic heterocycles. The van der Waals surface area contributed by atoms with E-state index in [0.717, 1.165) is 11.3 Å². The maximum atomic E-state index is 12.3. The molecule has 23 heavy (non-hydrogen) atoms. The third-order valence-corrected chi connectivity index (χ3v) is 4.35. The normalized spacial score (nSPS) is 23.1. The van der Waals surface area contributed by atoms with Crippen LogP contribution in [0.2, 0.25) is 0 Å². The zero-order chi connectivity index (χ0) is 15.8. The van der Waals surface area contributed by atoms with Gasteiger partial charge in [0.2, 0.25) is 6.79 Å². The topological polar surface area (TPSA) is 85.0 Å². The predicted octanol–water partition coefficient (Wildman–Crippen LogP) is 1.39. The van der Waals surface area contributed by atoms with Crippen LogP contribution in [-0.4, -0.2) is 47.1 Å². The van der Waals surface area contributed by atoms with Crippen molar-refractivity contribution in [3.05, 3.63) is 41.8 Å². The van der Waals surface area contributed by atoms with Gasteiger partial charge in [0.15, 0.2) is 17.2 Å². The number of hydrogen-bond donors (Lipinski definition) is 1. The van der Waals surface area contributed by atoms with E-state index < -0.39 is 6.10 Å². The molecule has 7 heteroatoms. The van der Waals surface area contributed by atoms with Crippen LogP contribution < -0.4 is 9.47 Å². The van der Waals surface area contributed by atoms with Gasteiger partial charge >= 0.3 is 0 Å². The molecule has 4 rings (SSSR count). The van der Waals surface area contributed by atoms with Gasteiger partial charge in [0, 0.05) is 25.1 Å². The molecule has 1 N–H and O–H groups in total. The Labute approximate surface area is 132 Å². The number of aliphatic hydroxyl groups excluding tert-OH is 1. The van der Waals surface area contributed by atoms with E-state index in [0.29, 0.717) is 18.7 Å². The van der Waals surface area contributed by atoms with E-state index in [4.69, 9.17) is 14.0 Å². The van der Waals surface area contributed by atoms with E-state index >= 15 is 0 Å². The average molecular weight is 316 g/mol. The first kappa shape index (κ1) is 14.1. The highest BCUT2D eigenvalue weighted by Crippen LogP contribution is 2.37. The molecule has 1 amide bonds. The molecule has 3 heterocycles. The predicted molar refractivity (Wildman–Crippen MR) is 78.3 cm³/mol. The zero-order valence-electron chi connectivity index (χ0n) is 12.3. The number of fused-ring (bicyclic) bond motifs is 1.